The molecule has 156 valence electrons. The molecule has 1 saturated heterocycles. The molecule has 2 N–H and O–H groups in total. The van der Waals surface area contributed by atoms with E-state index in [0.29, 0.717) is 24.3 Å². The van der Waals surface area contributed by atoms with Crippen LogP contribution < -0.4 is 0 Å². The molecular formula is C25H24ClFO3. The Kier molecular flexibility index (Phi) is 6.49. The monoisotopic (exact) mass is 426 g/mol. The Hall–Kier alpha value is -2.24. The van der Waals surface area contributed by atoms with E-state index in [9.17, 15) is 14.6 Å². The molecule has 1 fully saturated rings. The maximum atomic E-state index is 13.1. The Morgan fingerprint density at radius 1 is 0.933 bits per heavy atom. The van der Waals surface area contributed by atoms with E-state index in [1.54, 1.807) is 12.1 Å². The lowest BCUT2D eigenvalue weighted by molar-refractivity contribution is -0.113. The molecule has 3 aromatic rings. The molecule has 3 nitrogen and oxygen atoms in total. The first-order valence-corrected chi connectivity index (χ1v) is 10.5. The topological polar surface area (TPSA) is 49.7 Å². The van der Waals surface area contributed by atoms with Gasteiger partial charge >= 0.3 is 0 Å². The zero-order valence-electron chi connectivity index (χ0n) is 16.5. The fourth-order valence-corrected chi connectivity index (χ4v) is 4.11. The van der Waals surface area contributed by atoms with Gasteiger partial charge in [-0.05, 0) is 52.4 Å². The van der Waals surface area contributed by atoms with E-state index in [1.807, 2.05) is 42.5 Å². The molecule has 3 atom stereocenters. The highest BCUT2D eigenvalue weighted by Gasteiger charge is 2.29. The van der Waals surface area contributed by atoms with Gasteiger partial charge < -0.3 is 14.9 Å². The molecule has 0 saturated carbocycles. The molecule has 1 aliphatic heterocycles. The summed E-state index contributed by atoms with van der Waals surface area (Å²) in [7, 11) is 0. The van der Waals surface area contributed by atoms with Crippen LogP contribution in [0, 0.1) is 5.82 Å². The zero-order valence-corrected chi connectivity index (χ0v) is 17.2. The fourth-order valence-electron chi connectivity index (χ4n) is 3.93. The number of benzene rings is 3. The minimum absolute atomic E-state index is 0.103. The highest BCUT2D eigenvalue weighted by molar-refractivity contribution is 6.31. The third kappa shape index (κ3) is 4.90. The number of hydrogen-bond donors (Lipinski definition) is 2. The lowest BCUT2D eigenvalue weighted by atomic mass is 9.93. The first-order chi connectivity index (χ1) is 14.5. The van der Waals surface area contributed by atoms with Crippen LogP contribution in [0.25, 0.3) is 11.1 Å². The smallest absolute Gasteiger partial charge is 0.123 e. The van der Waals surface area contributed by atoms with Crippen molar-refractivity contribution in [2.24, 2.45) is 0 Å². The fraction of sp³-hybridized carbons (Fsp3) is 0.280. The van der Waals surface area contributed by atoms with Crippen molar-refractivity contribution in [2.45, 2.75) is 37.6 Å². The van der Waals surface area contributed by atoms with E-state index in [-0.39, 0.29) is 24.6 Å². The van der Waals surface area contributed by atoms with Crippen LogP contribution in [-0.2, 0) is 11.2 Å². The molecule has 3 aromatic carbocycles. The Bertz CT molecular complexity index is 988. The van der Waals surface area contributed by atoms with Crippen molar-refractivity contribution in [2.75, 3.05) is 6.61 Å². The van der Waals surface area contributed by atoms with Crippen molar-refractivity contribution in [1.82, 2.24) is 0 Å². The van der Waals surface area contributed by atoms with Crippen molar-refractivity contribution < 1.29 is 19.3 Å². The quantitative estimate of drug-likeness (QED) is 0.581. The van der Waals surface area contributed by atoms with E-state index < -0.39 is 6.10 Å². The Labute approximate surface area is 180 Å². The lowest BCUT2D eigenvalue weighted by Gasteiger charge is -2.32. The molecule has 4 rings (SSSR count). The summed E-state index contributed by atoms with van der Waals surface area (Å²) in [6.07, 6.45) is 0.519. The highest BCUT2D eigenvalue weighted by atomic mass is 35.5. The summed E-state index contributed by atoms with van der Waals surface area (Å²) in [6, 6.07) is 20.4. The summed E-state index contributed by atoms with van der Waals surface area (Å²) >= 11 is 6.45. The third-order valence-electron chi connectivity index (χ3n) is 5.55. The molecule has 0 aromatic heterocycles. The molecule has 0 spiro atoms. The number of rotatable bonds is 5. The predicted octanol–water partition coefficient (Wildman–Crippen LogP) is 5.31. The minimum Gasteiger partial charge on any atom is -0.394 e. The number of halogens is 2. The summed E-state index contributed by atoms with van der Waals surface area (Å²) in [6.45, 7) is -0.103. The van der Waals surface area contributed by atoms with Crippen molar-refractivity contribution in [3.8, 4) is 11.1 Å². The van der Waals surface area contributed by atoms with E-state index in [2.05, 4.69) is 0 Å². The van der Waals surface area contributed by atoms with Crippen LogP contribution in [0.15, 0.2) is 66.7 Å². The van der Waals surface area contributed by atoms with E-state index in [0.717, 1.165) is 27.8 Å². The first-order valence-electron chi connectivity index (χ1n) is 10.1. The summed E-state index contributed by atoms with van der Waals surface area (Å²) in [5.41, 5.74) is 5.04. The molecule has 1 heterocycles. The summed E-state index contributed by atoms with van der Waals surface area (Å²) in [5, 5.41) is 20.2. The maximum Gasteiger partial charge on any atom is 0.123 e. The molecular weight excluding hydrogens is 403 g/mol. The van der Waals surface area contributed by atoms with Crippen molar-refractivity contribution in [1.29, 1.82) is 0 Å². The van der Waals surface area contributed by atoms with E-state index in [1.165, 1.54) is 12.1 Å². The molecule has 0 aliphatic carbocycles. The van der Waals surface area contributed by atoms with Crippen LogP contribution in [0.2, 0.25) is 5.02 Å². The second-order valence-electron chi connectivity index (χ2n) is 7.79. The number of ether oxygens (including phenoxy) is 1. The predicted molar refractivity (Wildman–Crippen MR) is 116 cm³/mol. The average molecular weight is 427 g/mol. The minimum atomic E-state index is -0.487. The third-order valence-corrected chi connectivity index (χ3v) is 5.92. The van der Waals surface area contributed by atoms with Gasteiger partial charge in [0, 0.05) is 17.9 Å². The first kappa shape index (κ1) is 21.0. The SMILES string of the molecule is OCC1CC(O)CC(c2ccc(Cl)c(Cc3ccc(-c4ccc(F)cc4)cc3)c2)O1. The molecule has 5 heteroatoms. The number of hydrogen-bond acceptors (Lipinski definition) is 3. The Morgan fingerprint density at radius 3 is 2.27 bits per heavy atom. The zero-order chi connectivity index (χ0) is 21.1. The maximum absolute atomic E-state index is 13.1. The van der Waals surface area contributed by atoms with Gasteiger partial charge in [-0.25, -0.2) is 4.39 Å². The second kappa shape index (κ2) is 9.27. The molecule has 0 amide bonds. The largest absolute Gasteiger partial charge is 0.394 e. The average Bonchev–Trinajstić information content (AvgIpc) is 2.76. The molecule has 30 heavy (non-hydrogen) atoms. The van der Waals surface area contributed by atoms with Gasteiger partial charge in [0.2, 0.25) is 0 Å². The van der Waals surface area contributed by atoms with Crippen LogP contribution in [0.3, 0.4) is 0 Å². The Morgan fingerprint density at radius 2 is 1.60 bits per heavy atom. The van der Waals surface area contributed by atoms with Crippen LogP contribution >= 0.6 is 11.6 Å². The highest BCUT2D eigenvalue weighted by Crippen LogP contribution is 2.34. The van der Waals surface area contributed by atoms with Gasteiger partial charge in [0.05, 0.1) is 24.9 Å². The molecule has 1 aliphatic rings. The lowest BCUT2D eigenvalue weighted by Crippen LogP contribution is -2.33. The van der Waals surface area contributed by atoms with E-state index in [4.69, 9.17) is 16.3 Å². The van der Waals surface area contributed by atoms with Crippen LogP contribution in [0.4, 0.5) is 4.39 Å². The van der Waals surface area contributed by atoms with Crippen molar-refractivity contribution in [3.63, 3.8) is 0 Å². The normalized spacial score (nSPS) is 21.5. The van der Waals surface area contributed by atoms with Gasteiger partial charge in [-0.1, -0.05) is 60.1 Å². The molecule has 0 radical (unpaired) electrons. The van der Waals surface area contributed by atoms with Gasteiger partial charge in [-0.2, -0.15) is 0 Å². The van der Waals surface area contributed by atoms with E-state index >= 15 is 0 Å². The summed E-state index contributed by atoms with van der Waals surface area (Å²) in [5.74, 6) is -0.246. The van der Waals surface area contributed by atoms with Gasteiger partial charge in [0.25, 0.3) is 0 Å². The van der Waals surface area contributed by atoms with Crippen LogP contribution in [-0.4, -0.2) is 29.0 Å². The standard InChI is InChI=1S/C25H24ClFO3/c26-24-10-7-19(25-14-22(29)13-23(15-28)30-25)12-20(24)11-16-1-3-17(4-2-16)18-5-8-21(27)9-6-18/h1-10,12,22-23,25,28-29H,11,13-15H2. The molecule has 0 bridgehead atoms. The van der Waals surface area contributed by atoms with Crippen LogP contribution in [0.1, 0.15) is 35.6 Å². The van der Waals surface area contributed by atoms with Crippen molar-refractivity contribution in [3.05, 3.63) is 94.3 Å². The van der Waals surface area contributed by atoms with Gasteiger partial charge in [0.1, 0.15) is 5.82 Å². The second-order valence-corrected chi connectivity index (χ2v) is 8.19. The number of aliphatic hydroxyl groups excluding tert-OH is 2. The number of aliphatic hydroxyl groups is 2. The summed E-state index contributed by atoms with van der Waals surface area (Å²) < 4.78 is 19.1. The molecule has 3 unspecified atom stereocenters. The Balaban J connectivity index is 1.51. The van der Waals surface area contributed by atoms with Gasteiger partial charge in [-0.15, -0.1) is 0 Å². The van der Waals surface area contributed by atoms with Crippen LogP contribution in [0.5, 0.6) is 0 Å². The van der Waals surface area contributed by atoms with Gasteiger partial charge in [-0.3, -0.25) is 0 Å². The summed E-state index contributed by atoms with van der Waals surface area (Å²) in [4.78, 5) is 0. The van der Waals surface area contributed by atoms with Gasteiger partial charge in [0.15, 0.2) is 0 Å². The van der Waals surface area contributed by atoms with Crippen molar-refractivity contribution >= 4 is 11.6 Å².